The number of carbonyl (C=O) groups is 1. The first kappa shape index (κ1) is 22.7. The van der Waals surface area contributed by atoms with Crippen molar-refractivity contribution < 1.29 is 17.6 Å². The Morgan fingerprint density at radius 1 is 1.20 bits per heavy atom. The monoisotopic (exact) mass is 453 g/mol. The minimum Gasteiger partial charge on any atom is -0.350 e. The third-order valence-corrected chi connectivity index (χ3v) is 7.42. The van der Waals surface area contributed by atoms with Gasteiger partial charge in [0, 0.05) is 19.6 Å². The van der Waals surface area contributed by atoms with Crippen LogP contribution in [-0.2, 0) is 10.0 Å². The van der Waals surface area contributed by atoms with E-state index in [9.17, 15) is 17.6 Å². The van der Waals surface area contributed by atoms with Crippen LogP contribution in [0.3, 0.4) is 0 Å². The molecule has 9 heteroatoms. The Bertz CT molecular complexity index is 1020. The lowest BCUT2D eigenvalue weighted by Gasteiger charge is -2.25. The van der Waals surface area contributed by atoms with Crippen LogP contribution in [0, 0.1) is 5.82 Å². The summed E-state index contributed by atoms with van der Waals surface area (Å²) in [6.07, 6.45) is 1.65. The van der Waals surface area contributed by atoms with Crippen molar-refractivity contribution in [3.8, 4) is 0 Å². The molecule has 1 heterocycles. The SMILES string of the molecule is CN(C)C(CNC(=O)c1cc(S(=O)(=O)N2CCCC2)ccc1Cl)c1cccc(F)c1. The maximum absolute atomic E-state index is 13.6. The van der Waals surface area contributed by atoms with Gasteiger partial charge in [-0.15, -0.1) is 0 Å². The van der Waals surface area contributed by atoms with Crippen molar-refractivity contribution in [2.75, 3.05) is 33.7 Å². The van der Waals surface area contributed by atoms with Gasteiger partial charge in [-0.25, -0.2) is 12.8 Å². The van der Waals surface area contributed by atoms with Crippen LogP contribution in [0.25, 0.3) is 0 Å². The maximum atomic E-state index is 13.6. The molecular formula is C21H25ClFN3O3S. The molecule has 0 saturated carbocycles. The van der Waals surface area contributed by atoms with Gasteiger partial charge < -0.3 is 10.2 Å². The van der Waals surface area contributed by atoms with Crippen molar-refractivity contribution in [3.05, 3.63) is 64.4 Å². The van der Waals surface area contributed by atoms with E-state index in [0.717, 1.165) is 18.4 Å². The summed E-state index contributed by atoms with van der Waals surface area (Å²) in [4.78, 5) is 14.7. The predicted octanol–water partition coefficient (Wildman–Crippen LogP) is 3.30. The Kier molecular flexibility index (Phi) is 7.13. The molecule has 1 saturated heterocycles. The summed E-state index contributed by atoms with van der Waals surface area (Å²) < 4.78 is 40.6. The van der Waals surface area contributed by atoms with Crippen LogP contribution in [0.2, 0.25) is 5.02 Å². The standard InChI is InChI=1S/C21H25ClFN3O3S/c1-25(2)20(15-6-5-7-16(23)12-15)14-24-21(27)18-13-17(8-9-19(18)22)30(28,29)26-10-3-4-11-26/h5-9,12-13,20H,3-4,10-11,14H2,1-2H3,(H,24,27). The van der Waals surface area contributed by atoms with E-state index in [-0.39, 0.29) is 33.9 Å². The van der Waals surface area contributed by atoms with Crippen molar-refractivity contribution in [2.45, 2.75) is 23.8 Å². The molecular weight excluding hydrogens is 429 g/mol. The van der Waals surface area contributed by atoms with E-state index in [4.69, 9.17) is 11.6 Å². The Morgan fingerprint density at radius 2 is 1.90 bits per heavy atom. The van der Waals surface area contributed by atoms with E-state index in [1.807, 2.05) is 19.0 Å². The smallest absolute Gasteiger partial charge is 0.252 e. The summed E-state index contributed by atoms with van der Waals surface area (Å²) in [6.45, 7) is 1.16. The number of nitrogens with zero attached hydrogens (tertiary/aromatic N) is 2. The highest BCUT2D eigenvalue weighted by Gasteiger charge is 2.28. The van der Waals surface area contributed by atoms with Gasteiger partial charge in [-0.3, -0.25) is 4.79 Å². The minimum atomic E-state index is -3.66. The number of halogens is 2. The maximum Gasteiger partial charge on any atom is 0.252 e. The summed E-state index contributed by atoms with van der Waals surface area (Å²) in [5.41, 5.74) is 0.811. The first-order chi connectivity index (χ1) is 14.2. The lowest BCUT2D eigenvalue weighted by molar-refractivity contribution is 0.0942. The number of likely N-dealkylation sites (N-methyl/N-ethyl adjacent to an activating group) is 1. The molecule has 1 unspecified atom stereocenters. The molecule has 0 aliphatic carbocycles. The highest BCUT2D eigenvalue weighted by molar-refractivity contribution is 7.89. The van der Waals surface area contributed by atoms with E-state index >= 15 is 0 Å². The van der Waals surface area contributed by atoms with Gasteiger partial charge in [0.15, 0.2) is 0 Å². The second kappa shape index (κ2) is 9.43. The molecule has 1 aliphatic rings. The van der Waals surface area contributed by atoms with Gasteiger partial charge in [0.2, 0.25) is 10.0 Å². The zero-order valence-corrected chi connectivity index (χ0v) is 18.5. The first-order valence-corrected chi connectivity index (χ1v) is 11.5. The summed E-state index contributed by atoms with van der Waals surface area (Å²) in [5, 5.41) is 2.96. The molecule has 30 heavy (non-hydrogen) atoms. The van der Waals surface area contributed by atoms with Gasteiger partial charge in [-0.1, -0.05) is 23.7 Å². The molecule has 0 radical (unpaired) electrons. The van der Waals surface area contributed by atoms with E-state index in [2.05, 4.69) is 5.32 Å². The summed E-state index contributed by atoms with van der Waals surface area (Å²) in [6, 6.07) is 10.1. The third-order valence-electron chi connectivity index (χ3n) is 5.20. The van der Waals surface area contributed by atoms with E-state index in [1.54, 1.807) is 12.1 Å². The molecule has 2 aromatic carbocycles. The van der Waals surface area contributed by atoms with Gasteiger partial charge in [0.25, 0.3) is 5.91 Å². The average molecular weight is 454 g/mol. The molecule has 1 N–H and O–H groups in total. The van der Waals surface area contributed by atoms with E-state index in [1.165, 1.54) is 34.6 Å². The fourth-order valence-electron chi connectivity index (χ4n) is 3.51. The van der Waals surface area contributed by atoms with Crippen LogP contribution < -0.4 is 5.32 Å². The number of benzene rings is 2. The van der Waals surface area contributed by atoms with Crippen LogP contribution in [0.5, 0.6) is 0 Å². The number of carbonyl (C=O) groups excluding carboxylic acids is 1. The minimum absolute atomic E-state index is 0.0493. The quantitative estimate of drug-likeness (QED) is 0.698. The Labute approximate surface area is 181 Å². The van der Waals surface area contributed by atoms with Crippen LogP contribution in [0.4, 0.5) is 4.39 Å². The summed E-state index contributed by atoms with van der Waals surface area (Å²) >= 11 is 6.19. The van der Waals surface area contributed by atoms with Crippen LogP contribution in [0.1, 0.15) is 34.8 Å². The number of rotatable bonds is 7. The Morgan fingerprint density at radius 3 is 2.53 bits per heavy atom. The predicted molar refractivity (Wildman–Crippen MR) is 115 cm³/mol. The Hall–Kier alpha value is -2.00. The topological polar surface area (TPSA) is 69.7 Å². The van der Waals surface area contributed by atoms with Crippen molar-refractivity contribution in [1.29, 1.82) is 0 Å². The van der Waals surface area contributed by atoms with Crippen molar-refractivity contribution >= 4 is 27.5 Å². The van der Waals surface area contributed by atoms with Crippen molar-refractivity contribution in [2.24, 2.45) is 0 Å². The molecule has 6 nitrogen and oxygen atoms in total. The summed E-state index contributed by atoms with van der Waals surface area (Å²) in [5.74, 6) is -0.838. The fraction of sp³-hybridized carbons (Fsp3) is 0.381. The number of sulfonamides is 1. The molecule has 162 valence electrons. The third kappa shape index (κ3) is 5.00. The van der Waals surface area contributed by atoms with Gasteiger partial charge in [0.1, 0.15) is 5.82 Å². The fourth-order valence-corrected chi connectivity index (χ4v) is 5.26. The first-order valence-electron chi connectivity index (χ1n) is 9.70. The normalized spacial score (nSPS) is 16.0. The lowest BCUT2D eigenvalue weighted by atomic mass is 10.1. The summed E-state index contributed by atoms with van der Waals surface area (Å²) in [7, 11) is 0.00345. The highest BCUT2D eigenvalue weighted by Crippen LogP contribution is 2.26. The molecule has 0 bridgehead atoms. The molecule has 1 amide bonds. The van der Waals surface area contributed by atoms with Gasteiger partial charge in [0.05, 0.1) is 21.5 Å². The second-order valence-electron chi connectivity index (χ2n) is 7.50. The molecule has 1 fully saturated rings. The number of amides is 1. The molecule has 0 aromatic heterocycles. The highest BCUT2D eigenvalue weighted by atomic mass is 35.5. The number of nitrogens with one attached hydrogen (secondary N) is 1. The Balaban J connectivity index is 1.79. The van der Waals surface area contributed by atoms with Crippen molar-refractivity contribution in [1.82, 2.24) is 14.5 Å². The van der Waals surface area contributed by atoms with Gasteiger partial charge >= 0.3 is 0 Å². The average Bonchev–Trinajstić information content (AvgIpc) is 3.23. The van der Waals surface area contributed by atoms with Gasteiger partial charge in [-0.05, 0) is 62.8 Å². The van der Waals surface area contributed by atoms with Gasteiger partial charge in [-0.2, -0.15) is 4.31 Å². The van der Waals surface area contributed by atoms with E-state index < -0.39 is 15.9 Å². The molecule has 3 rings (SSSR count). The van der Waals surface area contributed by atoms with Crippen LogP contribution in [0.15, 0.2) is 47.4 Å². The number of hydrogen-bond donors (Lipinski definition) is 1. The van der Waals surface area contributed by atoms with Crippen LogP contribution in [-0.4, -0.2) is 57.3 Å². The molecule has 1 aliphatic heterocycles. The molecule has 0 spiro atoms. The van der Waals surface area contributed by atoms with Crippen LogP contribution >= 0.6 is 11.6 Å². The number of hydrogen-bond acceptors (Lipinski definition) is 4. The zero-order chi connectivity index (χ0) is 21.9. The molecule has 2 aromatic rings. The lowest BCUT2D eigenvalue weighted by Crippen LogP contribution is -2.35. The van der Waals surface area contributed by atoms with E-state index in [0.29, 0.717) is 13.1 Å². The zero-order valence-electron chi connectivity index (χ0n) is 16.9. The van der Waals surface area contributed by atoms with Crippen molar-refractivity contribution in [3.63, 3.8) is 0 Å². The second-order valence-corrected chi connectivity index (χ2v) is 9.84. The molecule has 1 atom stereocenters. The largest absolute Gasteiger partial charge is 0.350 e.